The third kappa shape index (κ3) is 4.21. The van der Waals surface area contributed by atoms with Crippen molar-refractivity contribution in [1.82, 2.24) is 43.2 Å². The van der Waals surface area contributed by atoms with Crippen LogP contribution in [-0.2, 0) is 0 Å². The number of hydrogen-bond donors (Lipinski definition) is 0. The van der Waals surface area contributed by atoms with Crippen LogP contribution in [0.25, 0.3) is 33.0 Å². The number of aliphatic imine (C=N–C) groups is 1. The monoisotopic (exact) mass is 849 g/mol. The molecule has 0 bridgehead atoms. The topological polar surface area (TPSA) is 97.2 Å². The molecular weight excluding hydrogens is 817 g/mol. The normalized spacial score (nSPS) is 20.6. The molecular formula is C54H33N12+3. The van der Waals surface area contributed by atoms with Crippen molar-refractivity contribution in [2.24, 2.45) is 4.99 Å². The molecule has 0 spiro atoms. The number of anilines is 4. The van der Waals surface area contributed by atoms with Crippen molar-refractivity contribution in [3.05, 3.63) is 187 Å². The lowest BCUT2D eigenvalue weighted by atomic mass is 9.92. The van der Waals surface area contributed by atoms with Crippen molar-refractivity contribution in [1.29, 1.82) is 0 Å². The first-order valence-corrected chi connectivity index (χ1v) is 22.2. The summed E-state index contributed by atoms with van der Waals surface area (Å²) in [6.45, 7) is 0. The molecule has 3 unspecified atom stereocenters. The van der Waals surface area contributed by atoms with Gasteiger partial charge in [-0.3, -0.25) is 4.99 Å². The van der Waals surface area contributed by atoms with E-state index < -0.39 is 0 Å². The van der Waals surface area contributed by atoms with E-state index in [0.29, 0.717) is 17.8 Å². The molecule has 4 aromatic heterocycles. The lowest BCUT2D eigenvalue weighted by Gasteiger charge is -2.35. The molecule has 8 aromatic rings. The fourth-order valence-corrected chi connectivity index (χ4v) is 11.7. The molecule has 4 aromatic carbocycles. The number of benzene rings is 4. The zero-order chi connectivity index (χ0) is 42.8. The minimum Gasteiger partial charge on any atom is -0.308 e. The van der Waals surface area contributed by atoms with Crippen molar-refractivity contribution in [3.63, 3.8) is 0 Å². The Morgan fingerprint density at radius 2 is 1.06 bits per heavy atom. The molecule has 3 atom stereocenters. The van der Waals surface area contributed by atoms with Gasteiger partial charge in [-0.25, -0.2) is 9.97 Å². The molecule has 0 saturated heterocycles. The first-order chi connectivity index (χ1) is 32.8. The van der Waals surface area contributed by atoms with Crippen LogP contribution in [0.1, 0.15) is 17.3 Å². The van der Waals surface area contributed by atoms with E-state index in [2.05, 4.69) is 174 Å². The molecule has 0 saturated carbocycles. The van der Waals surface area contributed by atoms with Crippen LogP contribution in [0.5, 0.6) is 0 Å². The van der Waals surface area contributed by atoms with Gasteiger partial charge in [-0.2, -0.15) is 13.7 Å². The maximum Gasteiger partial charge on any atom is 0.450 e. The van der Waals surface area contributed by atoms with Crippen molar-refractivity contribution >= 4 is 114 Å². The van der Waals surface area contributed by atoms with E-state index in [1.54, 1.807) is 0 Å². The minimum absolute atomic E-state index is 0.149. The summed E-state index contributed by atoms with van der Waals surface area (Å²) < 4.78 is 9.01. The van der Waals surface area contributed by atoms with Crippen LogP contribution >= 0.6 is 0 Å². The zero-order valence-electron chi connectivity index (χ0n) is 34.9. The second-order valence-electron chi connectivity index (χ2n) is 17.3. The Morgan fingerprint density at radius 3 is 1.89 bits per heavy atom. The number of dihydropyridines is 1. The summed E-state index contributed by atoms with van der Waals surface area (Å²) in [6, 6.07) is 40.2. The molecule has 6 aliphatic heterocycles. The number of pyridine rings is 2. The fraction of sp³-hybridized carbons (Fsp3) is 0.0556. The van der Waals surface area contributed by atoms with E-state index >= 15 is 0 Å². The Labute approximate surface area is 376 Å². The van der Waals surface area contributed by atoms with Gasteiger partial charge in [0.05, 0.1) is 22.4 Å². The molecule has 0 fully saturated rings. The average Bonchev–Trinajstić information content (AvgIpc) is 4.03. The van der Waals surface area contributed by atoms with E-state index in [0.717, 1.165) is 79.2 Å². The lowest BCUT2D eigenvalue weighted by molar-refractivity contribution is 0.686. The predicted molar refractivity (Wildman–Crippen MR) is 263 cm³/mol. The number of fused-ring (bicyclic) bond motifs is 15. The van der Waals surface area contributed by atoms with E-state index in [9.17, 15) is 0 Å². The second kappa shape index (κ2) is 12.4. The first kappa shape index (κ1) is 34.5. The summed E-state index contributed by atoms with van der Waals surface area (Å²) in [6.07, 6.45) is 22.6. The van der Waals surface area contributed by atoms with Gasteiger partial charge in [0.2, 0.25) is 0 Å². The highest BCUT2D eigenvalue weighted by Gasteiger charge is 2.50. The number of nitrogens with zero attached hydrogens (tertiary/aromatic N) is 12. The van der Waals surface area contributed by atoms with Crippen LogP contribution in [0.15, 0.2) is 181 Å². The standard InChI is InChI=1S/C54H33N12/c1-3-19-37-31(13-1)33-15-7-24-42-46(33)64(37)50-44(26-11-29-56-50)62(42)53-58-52(61-39-21-5-6-22-40(39)66-48-35(17-9-23-41(48)61)36-18-10-28-55-49(36)66)59-54(60-53)63-43-25-8-16-34-32-14-2-4-20-38(32)65(47(34)43)51-45(63)27-12-30-57-51/h1-30,46,48,51H/q+3. The van der Waals surface area contributed by atoms with Gasteiger partial charge in [0.1, 0.15) is 46.4 Å². The highest BCUT2D eigenvalue weighted by Crippen LogP contribution is 2.53. The van der Waals surface area contributed by atoms with E-state index in [1.165, 1.54) is 22.1 Å². The SMILES string of the molecule is C1=CC2=[N+](c3nc([N+]4=C5C=CC=C6c7ccccc7N(c7ncccc74)C65)nc([N+]4=C5C=CC=NC5n5c6ccccc6c6cccc4c65)n3)c3ccccc3N3c4ncccc4C(=C1)C23. The molecule has 0 N–H and O–H groups in total. The van der Waals surface area contributed by atoms with Crippen LogP contribution in [0.4, 0.5) is 57.9 Å². The van der Waals surface area contributed by atoms with Gasteiger partial charge in [0.15, 0.2) is 17.7 Å². The molecule has 8 aliphatic rings. The van der Waals surface area contributed by atoms with Gasteiger partial charge < -0.3 is 14.4 Å². The quantitative estimate of drug-likeness (QED) is 0.163. The second-order valence-corrected chi connectivity index (χ2v) is 17.3. The minimum atomic E-state index is -0.359. The molecule has 2 aliphatic carbocycles. The van der Waals surface area contributed by atoms with Crippen molar-refractivity contribution in [3.8, 4) is 0 Å². The fourth-order valence-electron chi connectivity index (χ4n) is 11.7. The van der Waals surface area contributed by atoms with E-state index in [1.807, 2.05) is 36.8 Å². The van der Waals surface area contributed by atoms with Gasteiger partial charge in [-0.05, 0) is 90.0 Å². The van der Waals surface area contributed by atoms with Gasteiger partial charge in [0.25, 0.3) is 0 Å². The van der Waals surface area contributed by atoms with Crippen molar-refractivity contribution in [2.75, 3.05) is 9.80 Å². The third-order valence-electron chi connectivity index (χ3n) is 14.2. The molecule has 12 heteroatoms. The van der Waals surface area contributed by atoms with Crippen molar-refractivity contribution < 1.29 is 0 Å². The Morgan fingerprint density at radius 1 is 0.470 bits per heavy atom. The summed E-state index contributed by atoms with van der Waals surface area (Å²) in [5.74, 6) is 3.22. The zero-order valence-corrected chi connectivity index (χ0v) is 34.9. The third-order valence-corrected chi connectivity index (χ3v) is 14.2. The molecule has 10 heterocycles. The van der Waals surface area contributed by atoms with Gasteiger partial charge in [-0.1, -0.05) is 85.0 Å². The number of para-hydroxylation sites is 5. The molecule has 0 amide bonds. The maximum absolute atomic E-state index is 5.64. The molecule has 0 radical (unpaired) electrons. The van der Waals surface area contributed by atoms with Crippen LogP contribution in [0.3, 0.4) is 0 Å². The summed E-state index contributed by atoms with van der Waals surface area (Å²) in [4.78, 5) is 36.9. The Hall–Kier alpha value is -9.03. The maximum atomic E-state index is 5.64. The average molecular weight is 850 g/mol. The number of aromatic nitrogens is 6. The number of hydrogen-bond acceptors (Lipinski definition) is 8. The largest absolute Gasteiger partial charge is 0.450 e. The predicted octanol–water partition coefficient (Wildman–Crippen LogP) is 9.72. The molecule has 16 rings (SSSR count). The highest BCUT2D eigenvalue weighted by atomic mass is 15.4. The van der Waals surface area contributed by atoms with Crippen LogP contribution in [0, 0.1) is 0 Å². The number of allylic oxidation sites excluding steroid dienone is 5. The lowest BCUT2D eigenvalue weighted by Crippen LogP contribution is -2.45. The van der Waals surface area contributed by atoms with E-state index in [-0.39, 0.29) is 18.2 Å². The van der Waals surface area contributed by atoms with Crippen LogP contribution in [0.2, 0.25) is 0 Å². The van der Waals surface area contributed by atoms with Gasteiger partial charge in [0, 0.05) is 55.5 Å². The van der Waals surface area contributed by atoms with Gasteiger partial charge in [-0.15, -0.1) is 0 Å². The highest BCUT2D eigenvalue weighted by molar-refractivity contribution is 6.22. The van der Waals surface area contributed by atoms with Crippen molar-refractivity contribution in [2.45, 2.75) is 18.2 Å². The molecule has 306 valence electrons. The summed E-state index contributed by atoms with van der Waals surface area (Å²) in [5.41, 5.74) is 14.8. The molecule has 12 nitrogen and oxygen atoms in total. The Balaban J connectivity index is 1.02. The summed E-state index contributed by atoms with van der Waals surface area (Å²) in [7, 11) is 0. The Bertz CT molecular complexity index is 3760. The summed E-state index contributed by atoms with van der Waals surface area (Å²) in [5, 5.41) is 2.32. The van der Waals surface area contributed by atoms with Gasteiger partial charge >= 0.3 is 17.8 Å². The smallest absolute Gasteiger partial charge is 0.308 e. The van der Waals surface area contributed by atoms with Crippen LogP contribution in [-0.4, -0.2) is 64.9 Å². The molecule has 66 heavy (non-hydrogen) atoms. The van der Waals surface area contributed by atoms with Crippen LogP contribution < -0.4 is 23.5 Å². The summed E-state index contributed by atoms with van der Waals surface area (Å²) >= 11 is 0. The number of rotatable bonds is 3. The Kier molecular flexibility index (Phi) is 6.45. The van der Waals surface area contributed by atoms with E-state index in [4.69, 9.17) is 29.9 Å². The first-order valence-electron chi connectivity index (χ1n) is 22.2.